The molecule has 0 atom stereocenters. The lowest BCUT2D eigenvalue weighted by molar-refractivity contribution is -0.385. The Morgan fingerprint density at radius 1 is 1.29 bits per heavy atom. The van der Waals surface area contributed by atoms with Gasteiger partial charge < -0.3 is 10.6 Å². The Morgan fingerprint density at radius 2 is 2.00 bits per heavy atom. The second kappa shape index (κ2) is 9.07. The Morgan fingerprint density at radius 3 is 2.67 bits per heavy atom. The predicted octanol–water partition coefficient (Wildman–Crippen LogP) is 1.89. The van der Waals surface area contributed by atoms with Crippen LogP contribution in [0.3, 0.4) is 0 Å². The van der Waals surface area contributed by atoms with Gasteiger partial charge in [-0.3, -0.25) is 14.9 Å². The fourth-order valence-electron chi connectivity index (χ4n) is 1.86. The molecule has 0 spiro atoms. The van der Waals surface area contributed by atoms with Crippen molar-refractivity contribution in [2.45, 2.75) is 26.7 Å². The summed E-state index contributed by atoms with van der Waals surface area (Å²) in [5, 5.41) is 16.8. The molecule has 0 saturated carbocycles. The zero-order chi connectivity index (χ0) is 15.7. The van der Waals surface area contributed by atoms with Crippen LogP contribution in [0.1, 0.15) is 25.8 Å². The average molecular weight is 293 g/mol. The maximum absolute atomic E-state index is 11.5. The Balaban J connectivity index is 2.23. The summed E-state index contributed by atoms with van der Waals surface area (Å²) in [6.07, 6.45) is 0.994. The highest BCUT2D eigenvalue weighted by atomic mass is 16.6. The quantitative estimate of drug-likeness (QED) is 0.414. The van der Waals surface area contributed by atoms with Gasteiger partial charge in [0.05, 0.1) is 4.92 Å². The molecule has 1 amide bonds. The predicted molar refractivity (Wildman–Crippen MR) is 82.1 cm³/mol. The van der Waals surface area contributed by atoms with Crippen molar-refractivity contribution in [3.8, 4) is 0 Å². The van der Waals surface area contributed by atoms with Crippen LogP contribution in [0, 0.1) is 16.0 Å². The molecule has 1 rings (SSSR count). The van der Waals surface area contributed by atoms with Crippen molar-refractivity contribution in [1.82, 2.24) is 10.6 Å². The Hall–Kier alpha value is -1.95. The molecule has 21 heavy (non-hydrogen) atoms. The summed E-state index contributed by atoms with van der Waals surface area (Å²) in [5.74, 6) is 0.474. The van der Waals surface area contributed by atoms with E-state index in [0.29, 0.717) is 44.0 Å². The van der Waals surface area contributed by atoms with Gasteiger partial charge in [-0.25, -0.2) is 0 Å². The van der Waals surface area contributed by atoms with E-state index in [4.69, 9.17) is 0 Å². The van der Waals surface area contributed by atoms with Gasteiger partial charge in [-0.2, -0.15) is 0 Å². The van der Waals surface area contributed by atoms with Crippen LogP contribution in [-0.4, -0.2) is 30.5 Å². The fourth-order valence-corrected chi connectivity index (χ4v) is 1.86. The number of carbonyl (C=O) groups excluding carboxylic acids is 1. The maximum atomic E-state index is 11.5. The number of nitro benzene ring substituents is 1. The van der Waals surface area contributed by atoms with E-state index < -0.39 is 0 Å². The minimum Gasteiger partial charge on any atom is -0.356 e. The van der Waals surface area contributed by atoms with Crippen molar-refractivity contribution in [1.29, 1.82) is 0 Å². The van der Waals surface area contributed by atoms with Crippen LogP contribution < -0.4 is 10.6 Å². The molecule has 0 unspecified atom stereocenters. The van der Waals surface area contributed by atoms with Crippen molar-refractivity contribution in [3.63, 3.8) is 0 Å². The number of hydrogen-bond donors (Lipinski definition) is 2. The highest BCUT2D eigenvalue weighted by Crippen LogP contribution is 2.17. The minimum atomic E-state index is -0.366. The Labute approximate surface area is 125 Å². The molecule has 0 bridgehead atoms. The maximum Gasteiger partial charge on any atom is 0.272 e. The SMILES string of the molecule is CC(C)CNC(=O)CCNCCc1ccccc1[N+](=O)[O-]. The number of hydrogen-bond acceptors (Lipinski definition) is 4. The zero-order valence-corrected chi connectivity index (χ0v) is 12.6. The number of rotatable bonds is 9. The van der Waals surface area contributed by atoms with Gasteiger partial charge in [0.15, 0.2) is 0 Å². The van der Waals surface area contributed by atoms with Crippen molar-refractivity contribution in [2.75, 3.05) is 19.6 Å². The normalized spacial score (nSPS) is 10.6. The Kier molecular flexibility index (Phi) is 7.39. The van der Waals surface area contributed by atoms with E-state index in [0.717, 1.165) is 0 Å². The molecule has 0 saturated heterocycles. The van der Waals surface area contributed by atoms with E-state index >= 15 is 0 Å². The lowest BCUT2D eigenvalue weighted by Gasteiger charge is -2.08. The van der Waals surface area contributed by atoms with Crippen LogP contribution in [0.25, 0.3) is 0 Å². The number of para-hydroxylation sites is 1. The fraction of sp³-hybridized carbons (Fsp3) is 0.533. The second-order valence-corrected chi connectivity index (χ2v) is 5.33. The van der Waals surface area contributed by atoms with Gasteiger partial charge in [-0.15, -0.1) is 0 Å². The van der Waals surface area contributed by atoms with Crippen LogP contribution in [0.2, 0.25) is 0 Å². The molecule has 1 aromatic rings. The third-order valence-electron chi connectivity index (χ3n) is 3.00. The molecule has 6 heteroatoms. The van der Waals surface area contributed by atoms with E-state index in [1.807, 2.05) is 13.8 Å². The van der Waals surface area contributed by atoms with E-state index in [-0.39, 0.29) is 16.5 Å². The van der Waals surface area contributed by atoms with Gasteiger partial charge in [0.1, 0.15) is 0 Å². The van der Waals surface area contributed by atoms with Gasteiger partial charge >= 0.3 is 0 Å². The number of carbonyl (C=O) groups is 1. The third-order valence-corrected chi connectivity index (χ3v) is 3.00. The number of benzene rings is 1. The highest BCUT2D eigenvalue weighted by Gasteiger charge is 2.11. The molecule has 0 fully saturated rings. The van der Waals surface area contributed by atoms with Crippen molar-refractivity contribution >= 4 is 11.6 Å². The van der Waals surface area contributed by atoms with Crippen LogP contribution in [0.15, 0.2) is 24.3 Å². The highest BCUT2D eigenvalue weighted by molar-refractivity contribution is 5.76. The van der Waals surface area contributed by atoms with Crippen molar-refractivity contribution in [3.05, 3.63) is 39.9 Å². The first kappa shape index (κ1) is 17.1. The summed E-state index contributed by atoms with van der Waals surface area (Å²) < 4.78 is 0. The topological polar surface area (TPSA) is 84.3 Å². The van der Waals surface area contributed by atoms with Gasteiger partial charge in [0.2, 0.25) is 5.91 Å². The smallest absolute Gasteiger partial charge is 0.272 e. The molecule has 0 aliphatic heterocycles. The molecule has 0 aliphatic rings. The molecule has 116 valence electrons. The zero-order valence-electron chi connectivity index (χ0n) is 12.6. The van der Waals surface area contributed by atoms with Crippen LogP contribution >= 0.6 is 0 Å². The minimum absolute atomic E-state index is 0.0295. The molecular weight excluding hydrogens is 270 g/mol. The molecule has 1 aromatic carbocycles. The Bertz CT molecular complexity index is 475. The second-order valence-electron chi connectivity index (χ2n) is 5.33. The van der Waals surface area contributed by atoms with Gasteiger partial charge in [-0.1, -0.05) is 32.0 Å². The first-order chi connectivity index (χ1) is 10.0. The van der Waals surface area contributed by atoms with Crippen molar-refractivity contribution in [2.24, 2.45) is 5.92 Å². The molecule has 0 aliphatic carbocycles. The molecule has 0 aromatic heterocycles. The first-order valence-electron chi connectivity index (χ1n) is 7.20. The summed E-state index contributed by atoms with van der Waals surface area (Å²) in [6, 6.07) is 6.72. The largest absolute Gasteiger partial charge is 0.356 e. The molecule has 0 radical (unpaired) electrons. The monoisotopic (exact) mass is 293 g/mol. The lowest BCUT2D eigenvalue weighted by atomic mass is 10.1. The van der Waals surface area contributed by atoms with E-state index in [1.165, 1.54) is 6.07 Å². The van der Waals surface area contributed by atoms with Gasteiger partial charge in [0, 0.05) is 31.1 Å². The average Bonchev–Trinajstić information content (AvgIpc) is 2.45. The molecule has 0 heterocycles. The number of amides is 1. The molecule has 6 nitrogen and oxygen atoms in total. The summed E-state index contributed by atoms with van der Waals surface area (Å²) >= 11 is 0. The summed E-state index contributed by atoms with van der Waals surface area (Å²) in [5.41, 5.74) is 0.855. The number of nitrogens with zero attached hydrogens (tertiary/aromatic N) is 1. The number of nitrogens with one attached hydrogen (secondary N) is 2. The molecular formula is C15H23N3O3. The summed E-state index contributed by atoms with van der Waals surface area (Å²) in [7, 11) is 0. The van der Waals surface area contributed by atoms with E-state index in [2.05, 4.69) is 10.6 Å². The summed E-state index contributed by atoms with van der Waals surface area (Å²) in [6.45, 7) is 5.97. The number of nitro groups is 1. The van der Waals surface area contributed by atoms with Crippen LogP contribution in [-0.2, 0) is 11.2 Å². The van der Waals surface area contributed by atoms with Crippen LogP contribution in [0.5, 0.6) is 0 Å². The van der Waals surface area contributed by atoms with Crippen molar-refractivity contribution < 1.29 is 9.72 Å². The first-order valence-corrected chi connectivity index (χ1v) is 7.20. The van der Waals surface area contributed by atoms with Gasteiger partial charge in [-0.05, 0) is 18.9 Å². The van der Waals surface area contributed by atoms with E-state index in [1.54, 1.807) is 18.2 Å². The lowest BCUT2D eigenvalue weighted by Crippen LogP contribution is -2.30. The van der Waals surface area contributed by atoms with Gasteiger partial charge in [0.25, 0.3) is 5.69 Å². The third kappa shape index (κ3) is 6.85. The summed E-state index contributed by atoms with van der Waals surface area (Å²) in [4.78, 5) is 22.0. The molecule has 2 N–H and O–H groups in total. The van der Waals surface area contributed by atoms with Crippen LogP contribution in [0.4, 0.5) is 5.69 Å². The van der Waals surface area contributed by atoms with E-state index in [9.17, 15) is 14.9 Å². The standard InChI is InChI=1S/C15H23N3O3/c1-12(2)11-17-15(19)8-10-16-9-7-13-5-3-4-6-14(13)18(20)21/h3-6,12,16H,7-11H2,1-2H3,(H,17,19).